The van der Waals surface area contributed by atoms with Gasteiger partial charge in [-0.05, 0) is 204 Å². The summed E-state index contributed by atoms with van der Waals surface area (Å²) < 4.78 is 0. The van der Waals surface area contributed by atoms with Gasteiger partial charge >= 0.3 is 0 Å². The summed E-state index contributed by atoms with van der Waals surface area (Å²) in [4.78, 5) is 0. The Bertz CT molecular complexity index is 1070. The zero-order valence-electron chi connectivity index (χ0n) is 35.9. The second kappa shape index (κ2) is 24.5. The van der Waals surface area contributed by atoms with E-state index in [1.807, 2.05) is 26.8 Å². The van der Waals surface area contributed by atoms with Crippen molar-refractivity contribution in [2.24, 2.45) is 0 Å². The first-order valence-corrected chi connectivity index (χ1v) is 20.8. The molecule has 0 spiro atoms. The van der Waals surface area contributed by atoms with Gasteiger partial charge in [0.15, 0.2) is 0 Å². The van der Waals surface area contributed by atoms with Gasteiger partial charge in [0.05, 0.1) is 46.3 Å². The van der Waals surface area contributed by atoms with Gasteiger partial charge in [0.25, 0.3) is 0 Å². The van der Waals surface area contributed by atoms with E-state index in [4.69, 9.17) is 5.11 Å². The van der Waals surface area contributed by atoms with E-state index in [1.165, 1.54) is 16.7 Å². The van der Waals surface area contributed by atoms with E-state index in [0.29, 0.717) is 83.5 Å². The van der Waals surface area contributed by atoms with Crippen LogP contribution in [0.4, 0.5) is 0 Å². The predicted molar refractivity (Wildman–Crippen MR) is 221 cm³/mol. The van der Waals surface area contributed by atoms with Crippen molar-refractivity contribution in [3.8, 4) is 0 Å². The molecule has 8 N–H and O–H groups in total. The molecule has 0 aliphatic heterocycles. The molecule has 0 rings (SSSR count). The van der Waals surface area contributed by atoms with Crippen LogP contribution in [0.5, 0.6) is 0 Å². The SMILES string of the molecule is C/C(=C\CO)CC/C=C(\C)CC/C=C(\C)CCC[C@@](C)(O)CCC[C@](C)(O)CCC[C@@](C)(O)CCC[C@](C)(O)CCC[C@](C)(O)CC[C@H](O)C(C)(C)O. The topological polar surface area (TPSA) is 162 Å². The van der Waals surface area contributed by atoms with Gasteiger partial charge in [-0.25, -0.2) is 0 Å². The van der Waals surface area contributed by atoms with Crippen LogP contribution in [0.15, 0.2) is 34.9 Å². The largest absolute Gasteiger partial charge is 0.392 e. The molecule has 0 bridgehead atoms. The third kappa shape index (κ3) is 28.9. The smallest absolute Gasteiger partial charge is 0.0849 e. The molecule has 0 fully saturated rings. The lowest BCUT2D eigenvalue weighted by atomic mass is 9.83. The Balaban J connectivity index is 4.36. The maximum Gasteiger partial charge on any atom is 0.0849 e. The molecule has 0 aliphatic carbocycles. The van der Waals surface area contributed by atoms with Gasteiger partial charge in [0.2, 0.25) is 0 Å². The van der Waals surface area contributed by atoms with Gasteiger partial charge < -0.3 is 40.9 Å². The minimum Gasteiger partial charge on any atom is -0.392 e. The molecule has 0 aliphatic rings. The van der Waals surface area contributed by atoms with Gasteiger partial charge in [-0.3, -0.25) is 0 Å². The van der Waals surface area contributed by atoms with Crippen molar-refractivity contribution in [3.63, 3.8) is 0 Å². The molecule has 0 aromatic heterocycles. The van der Waals surface area contributed by atoms with Crippen LogP contribution < -0.4 is 0 Å². The average molecular weight is 755 g/mol. The Morgan fingerprint density at radius 2 is 0.717 bits per heavy atom. The molecule has 8 heteroatoms. The van der Waals surface area contributed by atoms with E-state index >= 15 is 0 Å². The standard InChI is InChI=1S/C45H86O8/c1-36(19-12-21-38(3)24-35-46)18-11-20-37(2)22-13-25-41(6,49)26-14-27-42(7,50)28-15-29-43(8,51)30-16-31-44(9,52)32-17-33-45(10,53)34-23-39(47)40(4,5)48/h19-20,24,39,46-53H,11-18,21-23,25-35H2,1-10H3/b36-19+,37-20+,38-24+/t39-,41+,42-,43+,44-,45-/m0/s1. The molecule has 314 valence electrons. The fraction of sp³-hybridized carbons (Fsp3) is 0.867. The van der Waals surface area contributed by atoms with Crippen LogP contribution in [0.2, 0.25) is 0 Å². The lowest BCUT2D eigenvalue weighted by molar-refractivity contribution is -0.0649. The highest BCUT2D eigenvalue weighted by Gasteiger charge is 2.31. The number of aliphatic hydroxyl groups is 8. The highest BCUT2D eigenvalue weighted by molar-refractivity contribution is 5.06. The predicted octanol–water partition coefficient (Wildman–Crippen LogP) is 8.90. The molecule has 8 nitrogen and oxygen atoms in total. The first-order valence-electron chi connectivity index (χ1n) is 20.8. The zero-order valence-corrected chi connectivity index (χ0v) is 35.9. The summed E-state index contributed by atoms with van der Waals surface area (Å²) >= 11 is 0. The number of aliphatic hydroxyl groups excluding tert-OH is 2. The summed E-state index contributed by atoms with van der Waals surface area (Å²) in [7, 11) is 0. The van der Waals surface area contributed by atoms with Crippen molar-refractivity contribution in [1.29, 1.82) is 0 Å². The van der Waals surface area contributed by atoms with Crippen LogP contribution in [0.3, 0.4) is 0 Å². The van der Waals surface area contributed by atoms with Crippen molar-refractivity contribution in [3.05, 3.63) is 34.9 Å². The van der Waals surface area contributed by atoms with Gasteiger partial charge in [0, 0.05) is 0 Å². The van der Waals surface area contributed by atoms with Gasteiger partial charge in [-0.2, -0.15) is 0 Å². The van der Waals surface area contributed by atoms with E-state index in [2.05, 4.69) is 32.9 Å². The lowest BCUT2D eigenvalue weighted by Crippen LogP contribution is -2.38. The van der Waals surface area contributed by atoms with Gasteiger partial charge in [-0.1, -0.05) is 34.9 Å². The number of hydrogen-bond donors (Lipinski definition) is 8. The molecule has 0 unspecified atom stereocenters. The van der Waals surface area contributed by atoms with E-state index in [-0.39, 0.29) is 6.61 Å². The minimum atomic E-state index is -1.21. The third-order valence-corrected chi connectivity index (χ3v) is 11.3. The molecule has 0 aromatic rings. The maximum absolute atomic E-state index is 11.0. The normalized spacial score (nSPS) is 19.9. The van der Waals surface area contributed by atoms with Crippen LogP contribution in [0.1, 0.15) is 204 Å². The number of hydrogen-bond acceptors (Lipinski definition) is 8. The summed E-state index contributed by atoms with van der Waals surface area (Å²) in [5, 5.41) is 83.6. The molecule has 6 atom stereocenters. The zero-order chi connectivity index (χ0) is 41.0. The highest BCUT2D eigenvalue weighted by Crippen LogP contribution is 2.31. The van der Waals surface area contributed by atoms with Crippen molar-refractivity contribution in [2.45, 2.75) is 244 Å². The van der Waals surface area contributed by atoms with E-state index in [1.54, 1.807) is 27.7 Å². The lowest BCUT2D eigenvalue weighted by Gasteiger charge is -2.31. The third-order valence-electron chi connectivity index (χ3n) is 11.3. The minimum absolute atomic E-state index is 0.109. The van der Waals surface area contributed by atoms with Crippen LogP contribution in [0, 0.1) is 0 Å². The first kappa shape index (κ1) is 51.9. The summed E-state index contributed by atoms with van der Waals surface area (Å²) in [6.07, 6.45) is 20.1. The Morgan fingerprint density at radius 3 is 1.04 bits per heavy atom. The van der Waals surface area contributed by atoms with E-state index in [9.17, 15) is 35.7 Å². The fourth-order valence-corrected chi connectivity index (χ4v) is 7.13. The average Bonchev–Trinajstić information content (AvgIpc) is 2.98. The fourth-order valence-electron chi connectivity index (χ4n) is 7.13. The number of allylic oxidation sites excluding steroid dienone is 5. The van der Waals surface area contributed by atoms with E-state index in [0.717, 1.165) is 51.4 Å². The molecule has 0 heterocycles. The molecule has 0 aromatic carbocycles. The summed E-state index contributed by atoms with van der Waals surface area (Å²) in [6, 6.07) is 0. The summed E-state index contributed by atoms with van der Waals surface area (Å²) in [6.45, 7) is 18.7. The molecular formula is C45H86O8. The molecule has 0 saturated heterocycles. The Kier molecular flexibility index (Phi) is 24.0. The van der Waals surface area contributed by atoms with Gasteiger partial charge in [0.1, 0.15) is 0 Å². The van der Waals surface area contributed by atoms with Crippen LogP contribution in [-0.4, -0.2) is 87.2 Å². The molecule has 0 radical (unpaired) electrons. The molecule has 53 heavy (non-hydrogen) atoms. The Labute approximate surface area is 325 Å². The second-order valence-electron chi connectivity index (χ2n) is 18.9. The van der Waals surface area contributed by atoms with E-state index < -0.39 is 39.7 Å². The quantitative estimate of drug-likeness (QED) is 0.0326. The first-order chi connectivity index (χ1) is 24.2. The van der Waals surface area contributed by atoms with Gasteiger partial charge in [-0.15, -0.1) is 0 Å². The number of rotatable bonds is 31. The molecular weight excluding hydrogens is 668 g/mol. The molecule has 0 saturated carbocycles. The van der Waals surface area contributed by atoms with Crippen LogP contribution >= 0.6 is 0 Å². The highest BCUT2D eigenvalue weighted by atomic mass is 16.3. The summed E-state index contributed by atoms with van der Waals surface area (Å²) in [5.74, 6) is 0. The van der Waals surface area contributed by atoms with Crippen molar-refractivity contribution in [2.75, 3.05) is 6.61 Å². The maximum atomic E-state index is 11.0. The van der Waals surface area contributed by atoms with Crippen LogP contribution in [0.25, 0.3) is 0 Å². The van der Waals surface area contributed by atoms with Crippen molar-refractivity contribution in [1.82, 2.24) is 0 Å². The Morgan fingerprint density at radius 1 is 0.434 bits per heavy atom. The Hall–Kier alpha value is -1.10. The molecule has 0 amide bonds. The van der Waals surface area contributed by atoms with Crippen molar-refractivity contribution >= 4 is 0 Å². The second-order valence-corrected chi connectivity index (χ2v) is 18.9. The summed E-state index contributed by atoms with van der Waals surface area (Å²) in [5.41, 5.74) is -1.63. The van der Waals surface area contributed by atoms with Crippen molar-refractivity contribution < 1.29 is 40.9 Å². The van der Waals surface area contributed by atoms with Crippen LogP contribution in [-0.2, 0) is 0 Å². The monoisotopic (exact) mass is 755 g/mol.